The van der Waals surface area contributed by atoms with Crippen molar-refractivity contribution in [1.82, 2.24) is 9.91 Å². The van der Waals surface area contributed by atoms with Gasteiger partial charge in [-0.1, -0.05) is 84.0 Å². The summed E-state index contributed by atoms with van der Waals surface area (Å²) in [6.07, 6.45) is 1.96. The number of nitrogens with zero attached hydrogens (tertiary/aromatic N) is 3. The number of hydrogen-bond donors (Lipinski definition) is 1. The van der Waals surface area contributed by atoms with Crippen molar-refractivity contribution in [2.45, 2.75) is 58.9 Å². The molecule has 1 N–H and O–H groups in total. The average molecular weight is 458 g/mol. The molecule has 1 saturated heterocycles. The molecule has 4 rings (SSSR count). The van der Waals surface area contributed by atoms with E-state index in [0.717, 1.165) is 49.4 Å². The Morgan fingerprint density at radius 1 is 0.824 bits per heavy atom. The maximum absolute atomic E-state index is 11.0. The highest BCUT2D eigenvalue weighted by molar-refractivity contribution is 5.85. The molecule has 0 saturated carbocycles. The first-order valence-corrected chi connectivity index (χ1v) is 12.4. The fourth-order valence-corrected chi connectivity index (χ4v) is 4.71. The highest BCUT2D eigenvalue weighted by Crippen LogP contribution is 2.39. The summed E-state index contributed by atoms with van der Waals surface area (Å²) >= 11 is 0. The molecule has 4 nitrogen and oxygen atoms in total. The maximum Gasteiger partial charge on any atom is 0.123 e. The highest BCUT2D eigenvalue weighted by atomic mass is 16.3. The predicted octanol–water partition coefficient (Wildman–Crippen LogP) is 6.29. The summed E-state index contributed by atoms with van der Waals surface area (Å²) in [6, 6.07) is 19.4. The Bertz CT molecular complexity index is 1140. The van der Waals surface area contributed by atoms with Gasteiger partial charge in [0.25, 0.3) is 0 Å². The van der Waals surface area contributed by atoms with Crippen LogP contribution in [0.2, 0.25) is 0 Å². The number of phenolic OH excluding ortho intramolecular Hbond substituents is 1. The Morgan fingerprint density at radius 3 is 2.03 bits per heavy atom. The van der Waals surface area contributed by atoms with E-state index in [1.165, 1.54) is 16.3 Å². The standard InChI is InChI=1S/C30H39N3O/c1-29(2,3)26-18-22(19-27(28(26)34)30(4,5)6)20-31-33-16-14-32(15-17-33)21-24-12-9-11-23-10-7-8-13-25(23)24/h7-13,18-20,34H,14-17,21H2,1-6H3/b31-20-. The zero-order valence-corrected chi connectivity index (χ0v) is 21.6. The molecule has 3 aromatic rings. The molecular weight excluding hydrogens is 418 g/mol. The number of aromatic hydroxyl groups is 1. The smallest absolute Gasteiger partial charge is 0.123 e. The molecule has 0 radical (unpaired) electrons. The van der Waals surface area contributed by atoms with E-state index in [0.29, 0.717) is 5.75 Å². The number of rotatable bonds is 4. The van der Waals surface area contributed by atoms with Crippen LogP contribution >= 0.6 is 0 Å². The molecule has 1 heterocycles. The van der Waals surface area contributed by atoms with E-state index in [-0.39, 0.29) is 10.8 Å². The van der Waals surface area contributed by atoms with Gasteiger partial charge in [0.05, 0.1) is 6.21 Å². The average Bonchev–Trinajstić information content (AvgIpc) is 2.78. The molecule has 3 aromatic carbocycles. The normalized spacial score (nSPS) is 16.0. The molecule has 1 aliphatic rings. The van der Waals surface area contributed by atoms with Gasteiger partial charge in [-0.3, -0.25) is 9.91 Å². The molecule has 0 aromatic heterocycles. The van der Waals surface area contributed by atoms with Gasteiger partial charge in [0.2, 0.25) is 0 Å². The molecule has 4 heteroatoms. The van der Waals surface area contributed by atoms with Crippen LogP contribution in [0.15, 0.2) is 59.7 Å². The number of piperazine rings is 1. The van der Waals surface area contributed by atoms with Crippen molar-refractivity contribution >= 4 is 17.0 Å². The van der Waals surface area contributed by atoms with Crippen LogP contribution in [-0.2, 0) is 17.4 Å². The van der Waals surface area contributed by atoms with Crippen molar-refractivity contribution < 1.29 is 5.11 Å². The quantitative estimate of drug-likeness (QED) is 0.468. The second-order valence-corrected chi connectivity index (χ2v) is 11.6. The van der Waals surface area contributed by atoms with E-state index in [1.807, 2.05) is 6.21 Å². The van der Waals surface area contributed by atoms with Crippen molar-refractivity contribution in [2.24, 2.45) is 5.10 Å². The number of hydrazone groups is 1. The summed E-state index contributed by atoms with van der Waals surface area (Å²) in [5.41, 5.74) is 4.11. The summed E-state index contributed by atoms with van der Waals surface area (Å²) < 4.78 is 0. The van der Waals surface area contributed by atoms with E-state index in [9.17, 15) is 5.11 Å². The van der Waals surface area contributed by atoms with Gasteiger partial charge >= 0.3 is 0 Å². The third kappa shape index (κ3) is 5.44. The van der Waals surface area contributed by atoms with Crippen LogP contribution in [0.25, 0.3) is 10.8 Å². The third-order valence-corrected chi connectivity index (χ3v) is 6.74. The Balaban J connectivity index is 1.45. The molecule has 0 aliphatic carbocycles. The minimum Gasteiger partial charge on any atom is -0.507 e. The molecule has 0 bridgehead atoms. The van der Waals surface area contributed by atoms with Crippen LogP contribution in [0.1, 0.15) is 63.8 Å². The maximum atomic E-state index is 11.0. The van der Waals surface area contributed by atoms with Crippen molar-refractivity contribution in [2.75, 3.05) is 26.2 Å². The predicted molar refractivity (Wildman–Crippen MR) is 144 cm³/mol. The lowest BCUT2D eigenvalue weighted by Crippen LogP contribution is -2.43. The minimum atomic E-state index is -0.138. The van der Waals surface area contributed by atoms with Crippen LogP contribution in [0.3, 0.4) is 0 Å². The van der Waals surface area contributed by atoms with Crippen LogP contribution in [0.5, 0.6) is 5.75 Å². The lowest BCUT2D eigenvalue weighted by atomic mass is 9.78. The lowest BCUT2D eigenvalue weighted by Gasteiger charge is -2.33. The molecule has 1 fully saturated rings. The first-order chi connectivity index (χ1) is 16.0. The zero-order chi connectivity index (χ0) is 24.5. The number of phenols is 1. The van der Waals surface area contributed by atoms with Gasteiger partial charge in [-0.15, -0.1) is 0 Å². The van der Waals surface area contributed by atoms with Crippen LogP contribution in [0.4, 0.5) is 0 Å². The SMILES string of the molecule is CC(C)(C)c1cc(/C=N\N2CCN(Cc3cccc4ccccc34)CC2)cc(C(C)(C)C)c1O. The van der Waals surface area contributed by atoms with Gasteiger partial charge in [-0.2, -0.15) is 5.10 Å². The first-order valence-electron chi connectivity index (χ1n) is 12.4. The van der Waals surface area contributed by atoms with E-state index in [4.69, 9.17) is 5.10 Å². The second-order valence-electron chi connectivity index (χ2n) is 11.6. The van der Waals surface area contributed by atoms with Crippen LogP contribution < -0.4 is 0 Å². The van der Waals surface area contributed by atoms with Crippen molar-refractivity contribution in [3.05, 3.63) is 76.9 Å². The largest absolute Gasteiger partial charge is 0.507 e. The molecule has 180 valence electrons. The second kappa shape index (κ2) is 9.42. The topological polar surface area (TPSA) is 39.1 Å². The number of fused-ring (bicyclic) bond motifs is 1. The Labute approximate surface area is 204 Å². The molecule has 0 amide bonds. The Kier molecular flexibility index (Phi) is 6.73. The van der Waals surface area contributed by atoms with Crippen molar-refractivity contribution in [3.8, 4) is 5.75 Å². The van der Waals surface area contributed by atoms with E-state index in [2.05, 4.69) is 106 Å². The van der Waals surface area contributed by atoms with E-state index in [1.54, 1.807) is 0 Å². The minimum absolute atomic E-state index is 0.138. The Morgan fingerprint density at radius 2 is 1.41 bits per heavy atom. The van der Waals surface area contributed by atoms with Crippen LogP contribution in [-0.4, -0.2) is 47.4 Å². The fraction of sp³-hybridized carbons (Fsp3) is 0.433. The van der Waals surface area contributed by atoms with Gasteiger partial charge in [0.1, 0.15) is 5.75 Å². The summed E-state index contributed by atoms with van der Waals surface area (Å²) in [5.74, 6) is 0.416. The summed E-state index contributed by atoms with van der Waals surface area (Å²) in [7, 11) is 0. The zero-order valence-electron chi connectivity index (χ0n) is 21.6. The van der Waals surface area contributed by atoms with Crippen molar-refractivity contribution in [3.63, 3.8) is 0 Å². The van der Waals surface area contributed by atoms with Crippen LogP contribution in [0, 0.1) is 0 Å². The number of benzene rings is 3. The fourth-order valence-electron chi connectivity index (χ4n) is 4.71. The third-order valence-electron chi connectivity index (χ3n) is 6.74. The highest BCUT2D eigenvalue weighted by Gasteiger charge is 2.26. The van der Waals surface area contributed by atoms with E-state index >= 15 is 0 Å². The first kappa shape index (κ1) is 24.3. The molecule has 34 heavy (non-hydrogen) atoms. The van der Waals surface area contributed by atoms with Gasteiger partial charge in [-0.25, -0.2) is 0 Å². The van der Waals surface area contributed by atoms with Gasteiger partial charge in [0.15, 0.2) is 0 Å². The van der Waals surface area contributed by atoms with Crippen molar-refractivity contribution in [1.29, 1.82) is 0 Å². The van der Waals surface area contributed by atoms with Gasteiger partial charge in [0, 0.05) is 43.9 Å². The van der Waals surface area contributed by atoms with Gasteiger partial charge in [-0.05, 0) is 44.9 Å². The summed E-state index contributed by atoms with van der Waals surface area (Å²) in [4.78, 5) is 2.52. The molecule has 0 unspecified atom stereocenters. The molecule has 0 atom stereocenters. The molecule has 0 spiro atoms. The summed E-state index contributed by atoms with van der Waals surface area (Å²) in [6.45, 7) is 17.7. The monoisotopic (exact) mass is 457 g/mol. The lowest BCUT2D eigenvalue weighted by molar-refractivity contribution is 0.131. The molecule has 1 aliphatic heterocycles. The van der Waals surface area contributed by atoms with Gasteiger partial charge < -0.3 is 5.11 Å². The summed E-state index contributed by atoms with van der Waals surface area (Å²) in [5, 5.41) is 20.6. The van der Waals surface area contributed by atoms with E-state index < -0.39 is 0 Å². The Hall–Kier alpha value is -2.85. The number of hydrogen-bond acceptors (Lipinski definition) is 4. The molecular formula is C30H39N3O.